The predicted octanol–water partition coefficient (Wildman–Crippen LogP) is 3.33. The normalized spacial score (nSPS) is 20.1. The SMILES string of the molecule is CNC(=O)[C@H]1O[C@@H](n2cnc3c(NCc4ccc(CNC(=O)c5cc(C(C)(C)C)cc(C(C)(C)C)c5)cc4)ncnc32)C(O)C1O. The van der Waals surface area contributed by atoms with Crippen LogP contribution in [0.25, 0.3) is 11.2 Å². The summed E-state index contributed by atoms with van der Waals surface area (Å²) in [6.45, 7) is 13.8. The van der Waals surface area contributed by atoms with E-state index in [2.05, 4.69) is 78.5 Å². The molecule has 4 aromatic rings. The summed E-state index contributed by atoms with van der Waals surface area (Å²) in [5.74, 6) is -0.170. The molecule has 1 saturated heterocycles. The van der Waals surface area contributed by atoms with E-state index in [0.29, 0.717) is 35.6 Å². The molecule has 2 aromatic carbocycles. The van der Waals surface area contributed by atoms with Crippen molar-refractivity contribution in [2.24, 2.45) is 0 Å². The lowest BCUT2D eigenvalue weighted by atomic mass is 9.79. The van der Waals surface area contributed by atoms with Crippen LogP contribution in [0, 0.1) is 0 Å². The second kappa shape index (κ2) is 12.8. The molecule has 1 aliphatic rings. The first kappa shape index (κ1) is 33.0. The van der Waals surface area contributed by atoms with Gasteiger partial charge in [0.2, 0.25) is 0 Å². The molecule has 5 rings (SSSR count). The standard InChI is InChI=1S/C34H43N7O5/c1-33(2,3)22-12-21(13-23(14-22)34(4,5)6)30(44)37-16-20-10-8-19(9-11-20)15-36-28-24-29(39-17-38-28)41(18-40-24)32-26(43)25(42)27(46-32)31(45)35-7/h8-14,17-18,25-27,32,42-43H,15-16H2,1-7H3,(H,35,45)(H,37,44)(H,36,38,39)/t25?,26?,27-,32+/m0/s1. The number of nitrogens with one attached hydrogen (secondary N) is 3. The molecule has 244 valence electrons. The molecular formula is C34H43N7O5. The number of fused-ring (bicyclic) bond motifs is 1. The number of nitrogens with zero attached hydrogens (tertiary/aromatic N) is 4. The highest BCUT2D eigenvalue weighted by Gasteiger charge is 2.47. The first-order valence-electron chi connectivity index (χ1n) is 15.3. The summed E-state index contributed by atoms with van der Waals surface area (Å²) in [5, 5.41) is 29.7. The van der Waals surface area contributed by atoms with Gasteiger partial charge in [-0.2, -0.15) is 0 Å². The second-order valence-corrected chi connectivity index (χ2v) is 13.7. The second-order valence-electron chi connectivity index (χ2n) is 13.7. The number of ether oxygens (including phenoxy) is 1. The zero-order chi connectivity index (χ0) is 33.4. The Morgan fingerprint density at radius 3 is 2.07 bits per heavy atom. The number of aliphatic hydroxyl groups excluding tert-OH is 2. The molecule has 2 aromatic heterocycles. The smallest absolute Gasteiger partial charge is 0.251 e. The van der Waals surface area contributed by atoms with Crippen LogP contribution >= 0.6 is 0 Å². The third-order valence-corrected chi connectivity index (χ3v) is 8.24. The number of benzene rings is 2. The third kappa shape index (κ3) is 6.88. The maximum absolute atomic E-state index is 13.2. The number of likely N-dealkylation sites (N-methyl/N-ethyl adjacent to an activating group) is 1. The van der Waals surface area contributed by atoms with Gasteiger partial charge in [-0.15, -0.1) is 0 Å². The molecule has 0 spiro atoms. The van der Waals surface area contributed by atoms with Crippen LogP contribution in [0.3, 0.4) is 0 Å². The van der Waals surface area contributed by atoms with Crippen molar-refractivity contribution in [3.63, 3.8) is 0 Å². The van der Waals surface area contributed by atoms with Gasteiger partial charge in [-0.3, -0.25) is 14.2 Å². The Morgan fingerprint density at radius 1 is 0.870 bits per heavy atom. The van der Waals surface area contributed by atoms with Gasteiger partial charge >= 0.3 is 0 Å². The van der Waals surface area contributed by atoms with E-state index in [1.165, 1.54) is 24.3 Å². The summed E-state index contributed by atoms with van der Waals surface area (Å²) in [5.41, 5.74) is 5.54. The van der Waals surface area contributed by atoms with Crippen LogP contribution < -0.4 is 16.0 Å². The number of aromatic nitrogens is 4. The van der Waals surface area contributed by atoms with Crippen molar-refractivity contribution < 1.29 is 24.5 Å². The van der Waals surface area contributed by atoms with E-state index >= 15 is 0 Å². The summed E-state index contributed by atoms with van der Waals surface area (Å²) in [7, 11) is 1.43. The molecule has 2 amide bonds. The molecule has 2 unspecified atom stereocenters. The topological polar surface area (TPSA) is 164 Å². The van der Waals surface area contributed by atoms with E-state index in [-0.39, 0.29) is 16.7 Å². The minimum Gasteiger partial charge on any atom is -0.387 e. The molecule has 0 radical (unpaired) electrons. The van der Waals surface area contributed by atoms with Crippen molar-refractivity contribution in [3.05, 3.63) is 82.9 Å². The summed E-state index contributed by atoms with van der Waals surface area (Å²) in [6, 6.07) is 14.1. The number of imidazole rings is 1. The average Bonchev–Trinajstić information content (AvgIpc) is 3.58. The number of rotatable bonds is 8. The Hall–Kier alpha value is -4.39. The number of aliphatic hydroxyl groups is 2. The molecule has 5 N–H and O–H groups in total. The summed E-state index contributed by atoms with van der Waals surface area (Å²) in [6.07, 6.45) is -2.24. The monoisotopic (exact) mass is 629 g/mol. The first-order chi connectivity index (χ1) is 21.7. The molecule has 1 aliphatic heterocycles. The predicted molar refractivity (Wildman–Crippen MR) is 174 cm³/mol. The van der Waals surface area contributed by atoms with Crippen LogP contribution in [0.2, 0.25) is 0 Å². The number of anilines is 1. The van der Waals surface area contributed by atoms with Crippen LogP contribution in [0.1, 0.15) is 80.4 Å². The lowest BCUT2D eigenvalue weighted by Gasteiger charge is -2.26. The summed E-state index contributed by atoms with van der Waals surface area (Å²) >= 11 is 0. The summed E-state index contributed by atoms with van der Waals surface area (Å²) in [4.78, 5) is 38.3. The Morgan fingerprint density at radius 2 is 1.48 bits per heavy atom. The molecule has 4 atom stereocenters. The molecule has 0 aliphatic carbocycles. The van der Waals surface area contributed by atoms with Gasteiger partial charge in [-0.1, -0.05) is 71.9 Å². The van der Waals surface area contributed by atoms with Crippen LogP contribution in [0.4, 0.5) is 5.82 Å². The van der Waals surface area contributed by atoms with Gasteiger partial charge in [0.15, 0.2) is 29.3 Å². The van der Waals surface area contributed by atoms with Gasteiger partial charge in [0, 0.05) is 25.7 Å². The van der Waals surface area contributed by atoms with Gasteiger partial charge in [0.05, 0.1) is 6.33 Å². The van der Waals surface area contributed by atoms with Crippen LogP contribution in [0.5, 0.6) is 0 Å². The van der Waals surface area contributed by atoms with Crippen molar-refractivity contribution >= 4 is 28.8 Å². The van der Waals surface area contributed by atoms with E-state index in [1.807, 2.05) is 36.4 Å². The summed E-state index contributed by atoms with van der Waals surface area (Å²) < 4.78 is 7.15. The number of hydrogen-bond acceptors (Lipinski definition) is 9. The molecular weight excluding hydrogens is 586 g/mol. The third-order valence-electron chi connectivity index (χ3n) is 8.24. The van der Waals surface area contributed by atoms with Crippen LogP contribution in [-0.4, -0.2) is 66.9 Å². The average molecular weight is 630 g/mol. The highest BCUT2D eigenvalue weighted by Crippen LogP contribution is 2.33. The Kier molecular flexibility index (Phi) is 9.16. The zero-order valence-corrected chi connectivity index (χ0v) is 27.3. The van der Waals surface area contributed by atoms with Crippen molar-refractivity contribution in [2.45, 2.75) is 90.0 Å². The molecule has 0 bridgehead atoms. The quantitative estimate of drug-likeness (QED) is 0.197. The number of hydrogen-bond donors (Lipinski definition) is 5. The highest BCUT2D eigenvalue weighted by atomic mass is 16.6. The van der Waals surface area contributed by atoms with E-state index in [4.69, 9.17) is 4.74 Å². The highest BCUT2D eigenvalue weighted by molar-refractivity contribution is 5.94. The minimum atomic E-state index is -1.40. The molecule has 3 heterocycles. The lowest BCUT2D eigenvalue weighted by Crippen LogP contribution is -2.41. The number of carbonyl (C=O) groups excluding carboxylic acids is 2. The maximum atomic E-state index is 13.2. The minimum absolute atomic E-state index is 0.0777. The van der Waals surface area contributed by atoms with Crippen LogP contribution in [-0.2, 0) is 33.5 Å². The fourth-order valence-electron chi connectivity index (χ4n) is 5.29. The molecule has 1 fully saturated rings. The van der Waals surface area contributed by atoms with E-state index in [9.17, 15) is 19.8 Å². The molecule has 12 heteroatoms. The molecule has 12 nitrogen and oxygen atoms in total. The van der Waals surface area contributed by atoms with Crippen molar-refractivity contribution in [2.75, 3.05) is 12.4 Å². The molecule has 0 saturated carbocycles. The maximum Gasteiger partial charge on any atom is 0.251 e. The zero-order valence-electron chi connectivity index (χ0n) is 27.3. The van der Waals surface area contributed by atoms with Gasteiger partial charge in [-0.25, -0.2) is 15.0 Å². The Balaban J connectivity index is 1.22. The Bertz CT molecular complexity index is 1690. The van der Waals surface area contributed by atoms with E-state index < -0.39 is 30.4 Å². The number of carbonyl (C=O) groups is 2. The van der Waals surface area contributed by atoms with E-state index in [1.54, 1.807) is 0 Å². The van der Waals surface area contributed by atoms with Crippen molar-refractivity contribution in [3.8, 4) is 0 Å². The van der Waals surface area contributed by atoms with Gasteiger partial charge in [-0.05, 0) is 45.2 Å². The van der Waals surface area contributed by atoms with Gasteiger partial charge in [0.1, 0.15) is 18.5 Å². The Labute approximate surface area is 268 Å². The fourth-order valence-corrected chi connectivity index (χ4v) is 5.29. The first-order valence-corrected chi connectivity index (χ1v) is 15.3. The largest absolute Gasteiger partial charge is 0.387 e. The van der Waals surface area contributed by atoms with Crippen molar-refractivity contribution in [1.82, 2.24) is 30.2 Å². The van der Waals surface area contributed by atoms with Gasteiger partial charge in [0.25, 0.3) is 11.8 Å². The molecule has 46 heavy (non-hydrogen) atoms. The fraction of sp³-hybridized carbons (Fsp3) is 0.441. The number of amides is 2. The van der Waals surface area contributed by atoms with E-state index in [0.717, 1.165) is 22.3 Å². The van der Waals surface area contributed by atoms with Crippen LogP contribution in [0.15, 0.2) is 55.1 Å². The van der Waals surface area contributed by atoms with Gasteiger partial charge < -0.3 is 30.9 Å². The lowest BCUT2D eigenvalue weighted by molar-refractivity contribution is -0.137. The van der Waals surface area contributed by atoms with Crippen molar-refractivity contribution in [1.29, 1.82) is 0 Å².